The fraction of sp³-hybridized carbons (Fsp3) is 0.500. The van der Waals surface area contributed by atoms with Gasteiger partial charge in [-0.05, 0) is 37.1 Å². The van der Waals surface area contributed by atoms with E-state index < -0.39 is 17.7 Å². The van der Waals surface area contributed by atoms with Crippen LogP contribution >= 0.6 is 12.4 Å². The number of nitrogens with one attached hydrogen (secondary N) is 3. The molecule has 2 amide bonds. The van der Waals surface area contributed by atoms with Crippen molar-refractivity contribution >= 4 is 24.2 Å². The van der Waals surface area contributed by atoms with Crippen LogP contribution in [-0.2, 0) is 9.59 Å². The van der Waals surface area contributed by atoms with Gasteiger partial charge in [0.15, 0.2) is 11.6 Å². The van der Waals surface area contributed by atoms with Crippen molar-refractivity contribution in [2.75, 3.05) is 13.1 Å². The van der Waals surface area contributed by atoms with Crippen LogP contribution in [0, 0.1) is 11.6 Å². The number of rotatable bonds is 3. The largest absolute Gasteiger partial charge is 0.350 e. The lowest BCUT2D eigenvalue weighted by atomic mass is 9.85. The second-order valence-electron chi connectivity index (χ2n) is 6.05. The van der Waals surface area contributed by atoms with Crippen LogP contribution in [0.15, 0.2) is 18.2 Å². The monoisotopic (exact) mass is 359 g/mol. The molecule has 2 aliphatic heterocycles. The highest BCUT2D eigenvalue weighted by molar-refractivity contribution is 5.91. The summed E-state index contributed by atoms with van der Waals surface area (Å²) in [5, 5.41) is 8.76. The van der Waals surface area contributed by atoms with Crippen molar-refractivity contribution in [3.8, 4) is 0 Å². The fourth-order valence-electron chi connectivity index (χ4n) is 3.25. The van der Waals surface area contributed by atoms with Crippen molar-refractivity contribution in [3.05, 3.63) is 35.4 Å². The zero-order chi connectivity index (χ0) is 16.4. The summed E-state index contributed by atoms with van der Waals surface area (Å²) in [4.78, 5) is 23.5. The molecule has 0 saturated carbocycles. The average Bonchev–Trinajstić information content (AvgIpc) is 2.97. The van der Waals surface area contributed by atoms with Crippen LogP contribution < -0.4 is 16.0 Å². The standard InChI is InChI=1S/C16H19F2N3O2.ClH/c17-11-2-1-9(7-12(11)18)10-5-6-19-8-14(10)21-16(23)13-3-4-15(22)20-13;/h1-2,7,10,13-14,19H,3-6,8H2,(H,20,22)(H,21,23);1H/t10?,13-,14?;/m0./s1. The highest BCUT2D eigenvalue weighted by Crippen LogP contribution is 2.27. The number of halogens is 3. The van der Waals surface area contributed by atoms with Crippen molar-refractivity contribution in [1.82, 2.24) is 16.0 Å². The summed E-state index contributed by atoms with van der Waals surface area (Å²) in [7, 11) is 0. The second-order valence-corrected chi connectivity index (χ2v) is 6.05. The lowest BCUT2D eigenvalue weighted by Crippen LogP contribution is -2.53. The van der Waals surface area contributed by atoms with Crippen molar-refractivity contribution in [2.45, 2.75) is 37.3 Å². The number of carbonyl (C=O) groups is 2. The summed E-state index contributed by atoms with van der Waals surface area (Å²) in [5.74, 6) is -2.19. The molecule has 3 rings (SSSR count). The van der Waals surface area contributed by atoms with Gasteiger partial charge in [0.1, 0.15) is 6.04 Å². The SMILES string of the molecule is Cl.O=C1CC[C@@H](C(=O)NC2CNCCC2c2ccc(F)c(F)c2)N1. The summed E-state index contributed by atoms with van der Waals surface area (Å²) < 4.78 is 26.6. The number of hydrogen-bond acceptors (Lipinski definition) is 3. The van der Waals surface area contributed by atoms with E-state index in [-0.39, 0.29) is 36.2 Å². The zero-order valence-corrected chi connectivity index (χ0v) is 13.8. The van der Waals surface area contributed by atoms with Gasteiger partial charge in [-0.1, -0.05) is 6.07 Å². The average molecular weight is 360 g/mol. The minimum absolute atomic E-state index is 0. The summed E-state index contributed by atoms with van der Waals surface area (Å²) in [6.07, 6.45) is 1.56. The molecule has 0 bridgehead atoms. The molecule has 3 N–H and O–H groups in total. The third-order valence-corrected chi connectivity index (χ3v) is 4.49. The maximum atomic E-state index is 13.5. The van der Waals surface area contributed by atoms with Crippen molar-refractivity contribution < 1.29 is 18.4 Å². The molecule has 2 unspecified atom stereocenters. The quantitative estimate of drug-likeness (QED) is 0.760. The Kier molecular flexibility index (Phi) is 6.12. The summed E-state index contributed by atoms with van der Waals surface area (Å²) in [6, 6.07) is 3.14. The van der Waals surface area contributed by atoms with E-state index in [1.165, 1.54) is 6.07 Å². The van der Waals surface area contributed by atoms with Gasteiger partial charge in [-0.25, -0.2) is 8.78 Å². The molecular formula is C16H20ClF2N3O2. The Hall–Kier alpha value is -1.73. The Labute approximate surface area is 145 Å². The first-order valence-corrected chi connectivity index (χ1v) is 7.80. The number of piperidine rings is 1. The van der Waals surface area contributed by atoms with Gasteiger partial charge in [0.25, 0.3) is 0 Å². The number of amides is 2. The van der Waals surface area contributed by atoms with E-state index in [4.69, 9.17) is 0 Å². The lowest BCUT2D eigenvalue weighted by molar-refractivity contribution is -0.126. The van der Waals surface area contributed by atoms with E-state index in [1.54, 1.807) is 6.07 Å². The van der Waals surface area contributed by atoms with Crippen LogP contribution in [0.3, 0.4) is 0 Å². The molecule has 2 aliphatic rings. The Morgan fingerprint density at radius 2 is 2.00 bits per heavy atom. The maximum Gasteiger partial charge on any atom is 0.242 e. The highest BCUT2D eigenvalue weighted by atomic mass is 35.5. The van der Waals surface area contributed by atoms with Crippen LogP contribution in [0.5, 0.6) is 0 Å². The van der Waals surface area contributed by atoms with Gasteiger partial charge >= 0.3 is 0 Å². The number of carbonyl (C=O) groups excluding carboxylic acids is 2. The van der Waals surface area contributed by atoms with E-state index in [0.29, 0.717) is 31.4 Å². The predicted molar refractivity (Wildman–Crippen MR) is 86.9 cm³/mol. The maximum absolute atomic E-state index is 13.5. The molecule has 24 heavy (non-hydrogen) atoms. The Morgan fingerprint density at radius 1 is 1.21 bits per heavy atom. The van der Waals surface area contributed by atoms with E-state index in [2.05, 4.69) is 16.0 Å². The smallest absolute Gasteiger partial charge is 0.242 e. The first kappa shape index (κ1) is 18.6. The molecule has 0 radical (unpaired) electrons. The molecule has 2 heterocycles. The Morgan fingerprint density at radius 3 is 2.67 bits per heavy atom. The molecule has 2 fully saturated rings. The molecule has 0 spiro atoms. The van der Waals surface area contributed by atoms with Gasteiger partial charge in [0.2, 0.25) is 11.8 Å². The van der Waals surface area contributed by atoms with Crippen LogP contribution in [0.1, 0.15) is 30.7 Å². The molecule has 0 aliphatic carbocycles. The van der Waals surface area contributed by atoms with Gasteiger partial charge in [-0.2, -0.15) is 0 Å². The van der Waals surface area contributed by atoms with E-state index in [9.17, 15) is 18.4 Å². The zero-order valence-electron chi connectivity index (χ0n) is 13.0. The molecule has 132 valence electrons. The molecule has 8 heteroatoms. The van der Waals surface area contributed by atoms with E-state index in [1.807, 2.05) is 0 Å². The normalized spacial score (nSPS) is 26.4. The molecule has 3 atom stereocenters. The predicted octanol–water partition coefficient (Wildman–Crippen LogP) is 1.23. The number of hydrogen-bond donors (Lipinski definition) is 3. The minimum Gasteiger partial charge on any atom is -0.350 e. The van der Waals surface area contributed by atoms with Crippen molar-refractivity contribution in [1.29, 1.82) is 0 Å². The summed E-state index contributed by atoms with van der Waals surface area (Å²) in [5.41, 5.74) is 0.672. The molecule has 5 nitrogen and oxygen atoms in total. The molecule has 1 aromatic carbocycles. The van der Waals surface area contributed by atoms with Crippen LogP contribution in [0.25, 0.3) is 0 Å². The van der Waals surface area contributed by atoms with Gasteiger partial charge in [0, 0.05) is 24.9 Å². The molecule has 0 aromatic heterocycles. The van der Waals surface area contributed by atoms with E-state index >= 15 is 0 Å². The Balaban J connectivity index is 0.00000208. The minimum atomic E-state index is -0.880. The first-order chi connectivity index (χ1) is 11.0. The summed E-state index contributed by atoms with van der Waals surface area (Å²) in [6.45, 7) is 1.30. The lowest BCUT2D eigenvalue weighted by Gasteiger charge is -2.33. The van der Waals surface area contributed by atoms with Crippen LogP contribution in [-0.4, -0.2) is 37.0 Å². The molecule has 1 aromatic rings. The Bertz CT molecular complexity index is 629. The van der Waals surface area contributed by atoms with Gasteiger partial charge in [0.05, 0.1) is 0 Å². The molecule has 2 saturated heterocycles. The third-order valence-electron chi connectivity index (χ3n) is 4.49. The van der Waals surface area contributed by atoms with E-state index in [0.717, 1.165) is 12.6 Å². The topological polar surface area (TPSA) is 70.2 Å². The van der Waals surface area contributed by atoms with Crippen molar-refractivity contribution in [3.63, 3.8) is 0 Å². The van der Waals surface area contributed by atoms with Crippen LogP contribution in [0.2, 0.25) is 0 Å². The molecular weight excluding hydrogens is 340 g/mol. The fourth-order valence-corrected chi connectivity index (χ4v) is 3.25. The summed E-state index contributed by atoms with van der Waals surface area (Å²) >= 11 is 0. The van der Waals surface area contributed by atoms with Gasteiger partial charge < -0.3 is 16.0 Å². The first-order valence-electron chi connectivity index (χ1n) is 7.80. The highest BCUT2D eigenvalue weighted by Gasteiger charge is 2.32. The van der Waals surface area contributed by atoms with Gasteiger partial charge in [-0.3, -0.25) is 9.59 Å². The second kappa shape index (κ2) is 7.90. The third kappa shape index (κ3) is 4.02. The van der Waals surface area contributed by atoms with Gasteiger partial charge in [-0.15, -0.1) is 12.4 Å². The number of benzene rings is 1. The van der Waals surface area contributed by atoms with Crippen LogP contribution in [0.4, 0.5) is 8.78 Å². The van der Waals surface area contributed by atoms with Crippen molar-refractivity contribution in [2.24, 2.45) is 0 Å².